The lowest BCUT2D eigenvalue weighted by atomic mass is 9.84. The number of aromatic nitrogens is 1. The molecule has 8 heteroatoms. The number of hydrogen-bond acceptors (Lipinski definition) is 7. The van der Waals surface area contributed by atoms with Crippen molar-refractivity contribution < 1.29 is 34.7 Å². The topological polar surface area (TPSA) is 131 Å². The van der Waals surface area contributed by atoms with Crippen LogP contribution in [0.25, 0.3) is 0 Å². The average molecular weight is 483 g/mol. The Kier molecular flexibility index (Phi) is 9.17. The SMILES string of the molecule is COc1cc(C[C@@H](CO)C(=O)C[C@@H](O)[C@@H](Cc2cc[n-]c2)Cc2ccc(O)c(OC)c2)ccc1O. The zero-order valence-electron chi connectivity index (χ0n) is 19.9. The number of carbonyl (C=O) groups excluding carboxylic acids is 1. The van der Waals surface area contributed by atoms with Gasteiger partial charge in [0.15, 0.2) is 23.0 Å². The highest BCUT2D eigenvalue weighted by Crippen LogP contribution is 2.30. The van der Waals surface area contributed by atoms with E-state index in [1.807, 2.05) is 6.07 Å². The summed E-state index contributed by atoms with van der Waals surface area (Å²) in [5.41, 5.74) is 2.53. The third kappa shape index (κ3) is 7.00. The zero-order chi connectivity index (χ0) is 25.4. The number of ketones is 1. The minimum absolute atomic E-state index is 0.00532. The monoisotopic (exact) mass is 482 g/mol. The fraction of sp³-hybridized carbons (Fsp3) is 0.370. The quantitative estimate of drug-likeness (QED) is 0.293. The minimum Gasteiger partial charge on any atom is -0.670 e. The molecule has 0 aliphatic rings. The van der Waals surface area contributed by atoms with Gasteiger partial charge in [-0.2, -0.15) is 12.4 Å². The largest absolute Gasteiger partial charge is 0.670 e. The Morgan fingerprint density at radius 1 is 0.886 bits per heavy atom. The van der Waals surface area contributed by atoms with E-state index in [1.165, 1.54) is 20.3 Å². The number of aliphatic hydroxyl groups excluding tert-OH is 2. The maximum atomic E-state index is 13.0. The lowest BCUT2D eigenvalue weighted by Crippen LogP contribution is -2.31. The molecule has 0 saturated heterocycles. The molecule has 0 amide bonds. The molecule has 0 aliphatic heterocycles. The number of ether oxygens (including phenoxy) is 2. The van der Waals surface area contributed by atoms with E-state index in [1.54, 1.807) is 42.7 Å². The molecule has 0 unspecified atom stereocenters. The first-order chi connectivity index (χ1) is 16.8. The maximum Gasteiger partial charge on any atom is 0.160 e. The third-order valence-electron chi connectivity index (χ3n) is 6.21. The molecule has 3 aromatic rings. The number of phenolic OH excluding ortho intramolecular Hbond substituents is 2. The van der Waals surface area contributed by atoms with Crippen molar-refractivity contribution in [2.45, 2.75) is 31.8 Å². The van der Waals surface area contributed by atoms with Crippen molar-refractivity contribution in [3.05, 3.63) is 71.5 Å². The Bertz CT molecular complexity index is 1100. The van der Waals surface area contributed by atoms with Crippen LogP contribution in [0.5, 0.6) is 23.0 Å². The number of methoxy groups -OCH3 is 2. The second kappa shape index (κ2) is 12.3. The number of rotatable bonds is 13. The van der Waals surface area contributed by atoms with Crippen LogP contribution in [0.4, 0.5) is 0 Å². The molecule has 0 bridgehead atoms. The van der Waals surface area contributed by atoms with Gasteiger partial charge in [-0.15, -0.1) is 0 Å². The van der Waals surface area contributed by atoms with Gasteiger partial charge in [0, 0.05) is 12.3 Å². The number of aliphatic hydroxyl groups is 2. The van der Waals surface area contributed by atoms with Gasteiger partial charge >= 0.3 is 0 Å². The summed E-state index contributed by atoms with van der Waals surface area (Å²) in [6, 6.07) is 11.7. The van der Waals surface area contributed by atoms with Gasteiger partial charge < -0.3 is 34.9 Å². The van der Waals surface area contributed by atoms with E-state index in [0.29, 0.717) is 24.3 Å². The van der Waals surface area contributed by atoms with Gasteiger partial charge in [-0.3, -0.25) is 4.79 Å². The van der Waals surface area contributed by atoms with Crippen molar-refractivity contribution in [1.29, 1.82) is 0 Å². The van der Waals surface area contributed by atoms with Crippen molar-refractivity contribution in [3.63, 3.8) is 0 Å². The van der Waals surface area contributed by atoms with Crippen molar-refractivity contribution in [1.82, 2.24) is 4.98 Å². The van der Waals surface area contributed by atoms with Crippen LogP contribution in [0, 0.1) is 11.8 Å². The predicted molar refractivity (Wildman–Crippen MR) is 130 cm³/mol. The number of benzene rings is 2. The van der Waals surface area contributed by atoms with Crippen molar-refractivity contribution >= 4 is 5.78 Å². The standard InChI is InChI=1S/C27H32NO7/c1-34-26-12-17(3-5-22(26)30)9-20(11-19-7-8-28-15-19)24(32)14-25(33)21(16-29)10-18-4-6-23(31)27(13-18)35-2/h3-8,12-13,15,20-21,24,29-32H,9-11,14,16H2,1-2H3/q-1/t20-,21+,24-/m1/s1. The number of aromatic hydroxyl groups is 2. The summed E-state index contributed by atoms with van der Waals surface area (Å²) in [7, 11) is 2.91. The summed E-state index contributed by atoms with van der Waals surface area (Å²) in [5, 5.41) is 40.7. The molecular formula is C27H32NO7-. The van der Waals surface area contributed by atoms with Crippen LogP contribution in [-0.2, 0) is 24.1 Å². The van der Waals surface area contributed by atoms with E-state index in [9.17, 15) is 25.2 Å². The first kappa shape index (κ1) is 26.1. The summed E-state index contributed by atoms with van der Waals surface area (Å²) in [4.78, 5) is 17.1. The van der Waals surface area contributed by atoms with Crippen LogP contribution in [0.15, 0.2) is 54.9 Å². The number of phenols is 2. The molecule has 188 valence electrons. The van der Waals surface area contributed by atoms with Crippen molar-refractivity contribution in [2.75, 3.05) is 20.8 Å². The molecular weight excluding hydrogens is 450 g/mol. The van der Waals surface area contributed by atoms with Crippen LogP contribution in [-0.4, -0.2) is 53.1 Å². The van der Waals surface area contributed by atoms with E-state index in [4.69, 9.17) is 9.47 Å². The number of nitrogens with zero attached hydrogens (tertiary/aromatic N) is 1. The number of hydrogen-bond donors (Lipinski definition) is 4. The van der Waals surface area contributed by atoms with Gasteiger partial charge in [0.2, 0.25) is 0 Å². The van der Waals surface area contributed by atoms with E-state index in [-0.39, 0.29) is 42.6 Å². The molecule has 2 aromatic carbocycles. The second-order valence-corrected chi connectivity index (χ2v) is 8.67. The second-order valence-electron chi connectivity index (χ2n) is 8.67. The molecule has 8 nitrogen and oxygen atoms in total. The van der Waals surface area contributed by atoms with Gasteiger partial charge in [-0.25, -0.2) is 0 Å². The highest BCUT2D eigenvalue weighted by molar-refractivity contribution is 5.82. The molecule has 35 heavy (non-hydrogen) atoms. The summed E-state index contributed by atoms with van der Waals surface area (Å²) in [6.07, 6.45) is 3.56. The Hall–Kier alpha value is -3.49. The summed E-state index contributed by atoms with van der Waals surface area (Å²) >= 11 is 0. The fourth-order valence-electron chi connectivity index (χ4n) is 4.19. The van der Waals surface area contributed by atoms with E-state index in [0.717, 1.165) is 16.7 Å². The highest BCUT2D eigenvalue weighted by atomic mass is 16.5. The van der Waals surface area contributed by atoms with Gasteiger partial charge in [-0.05, 0) is 60.6 Å². The minimum atomic E-state index is -0.958. The smallest absolute Gasteiger partial charge is 0.160 e. The molecule has 4 N–H and O–H groups in total. The Morgan fingerprint density at radius 2 is 1.46 bits per heavy atom. The Morgan fingerprint density at radius 3 is 1.97 bits per heavy atom. The Balaban J connectivity index is 1.73. The molecule has 1 heterocycles. The van der Waals surface area contributed by atoms with Crippen molar-refractivity contribution in [2.24, 2.45) is 11.8 Å². The van der Waals surface area contributed by atoms with E-state index >= 15 is 0 Å². The highest BCUT2D eigenvalue weighted by Gasteiger charge is 2.27. The van der Waals surface area contributed by atoms with Gasteiger partial charge in [0.05, 0.1) is 26.9 Å². The lowest BCUT2D eigenvalue weighted by molar-refractivity contribution is -0.126. The van der Waals surface area contributed by atoms with Gasteiger partial charge in [0.25, 0.3) is 0 Å². The molecule has 3 atom stereocenters. The molecule has 0 saturated carbocycles. The van der Waals surface area contributed by atoms with Gasteiger partial charge in [-0.1, -0.05) is 23.8 Å². The molecule has 0 radical (unpaired) electrons. The lowest BCUT2D eigenvalue weighted by Gasteiger charge is -2.25. The third-order valence-corrected chi connectivity index (χ3v) is 6.21. The van der Waals surface area contributed by atoms with Crippen LogP contribution in [0.1, 0.15) is 23.1 Å². The van der Waals surface area contributed by atoms with Crippen LogP contribution in [0.3, 0.4) is 0 Å². The number of Topliss-reactive ketones (excluding diaryl/α,β-unsaturated/α-hetero) is 1. The van der Waals surface area contributed by atoms with Crippen molar-refractivity contribution in [3.8, 4) is 23.0 Å². The average Bonchev–Trinajstić information content (AvgIpc) is 3.37. The molecule has 0 aliphatic carbocycles. The van der Waals surface area contributed by atoms with Crippen LogP contribution >= 0.6 is 0 Å². The first-order valence-corrected chi connectivity index (χ1v) is 11.4. The van der Waals surface area contributed by atoms with E-state index in [2.05, 4.69) is 4.98 Å². The van der Waals surface area contributed by atoms with Crippen LogP contribution in [0.2, 0.25) is 0 Å². The maximum absolute atomic E-state index is 13.0. The summed E-state index contributed by atoms with van der Waals surface area (Å²) in [6.45, 7) is -0.360. The first-order valence-electron chi connectivity index (χ1n) is 11.4. The molecule has 1 aromatic heterocycles. The molecule has 3 rings (SSSR count). The van der Waals surface area contributed by atoms with Crippen LogP contribution < -0.4 is 14.5 Å². The fourth-order valence-corrected chi connectivity index (χ4v) is 4.19. The summed E-state index contributed by atoms with van der Waals surface area (Å²) in [5.74, 6) is -0.596. The summed E-state index contributed by atoms with van der Waals surface area (Å²) < 4.78 is 10.3. The zero-order valence-corrected chi connectivity index (χ0v) is 19.9. The van der Waals surface area contributed by atoms with E-state index < -0.39 is 12.0 Å². The Labute approximate surface area is 204 Å². The van der Waals surface area contributed by atoms with Gasteiger partial charge in [0.1, 0.15) is 5.78 Å². The molecule has 0 fully saturated rings. The normalized spacial score (nSPS) is 13.7. The number of carbonyl (C=O) groups is 1. The molecule has 0 spiro atoms. The predicted octanol–water partition coefficient (Wildman–Crippen LogP) is 2.64.